The maximum Gasteiger partial charge on any atom is 0.0947 e. The van der Waals surface area contributed by atoms with Crippen LogP contribution in [0.1, 0.15) is 17.2 Å². The molecular weight excluding hydrogens is 339 g/mol. The molecule has 1 unspecified atom stereocenters. The third-order valence-corrected chi connectivity index (χ3v) is 4.53. The molecule has 1 aliphatic heterocycles. The molecule has 3 aromatic rings. The van der Waals surface area contributed by atoms with Gasteiger partial charge < -0.3 is 5.32 Å². The van der Waals surface area contributed by atoms with E-state index in [1.54, 1.807) is 0 Å². The Labute approximate surface area is 150 Å². The van der Waals surface area contributed by atoms with Crippen molar-refractivity contribution in [2.75, 3.05) is 5.32 Å². The van der Waals surface area contributed by atoms with Crippen LogP contribution in [0.25, 0.3) is 0 Å². The van der Waals surface area contributed by atoms with Gasteiger partial charge in [-0.1, -0.05) is 65.7 Å². The Kier molecular flexibility index (Phi) is 4.01. The molecule has 0 amide bonds. The zero-order valence-corrected chi connectivity index (χ0v) is 14.2. The number of halogens is 2. The van der Waals surface area contributed by atoms with Gasteiger partial charge in [-0.2, -0.15) is 0 Å². The highest BCUT2D eigenvalue weighted by Gasteiger charge is 2.25. The van der Waals surface area contributed by atoms with E-state index in [1.165, 1.54) is 0 Å². The monoisotopic (exact) mass is 352 g/mol. The quantitative estimate of drug-likeness (QED) is 0.576. The van der Waals surface area contributed by atoms with Crippen LogP contribution in [-0.2, 0) is 0 Å². The van der Waals surface area contributed by atoms with E-state index in [0.717, 1.165) is 28.2 Å². The van der Waals surface area contributed by atoms with Crippen LogP contribution in [0, 0.1) is 0 Å². The van der Waals surface area contributed by atoms with Crippen LogP contribution in [0.4, 0.5) is 11.4 Å². The number of hydrogen-bond acceptors (Lipinski definition) is 2. The van der Waals surface area contributed by atoms with E-state index in [0.29, 0.717) is 10.0 Å². The van der Waals surface area contributed by atoms with E-state index in [1.807, 2.05) is 60.7 Å². The van der Waals surface area contributed by atoms with Crippen molar-refractivity contribution in [2.24, 2.45) is 4.99 Å². The minimum absolute atomic E-state index is 0.0432. The van der Waals surface area contributed by atoms with Gasteiger partial charge in [0.2, 0.25) is 0 Å². The Morgan fingerprint density at radius 3 is 2.25 bits per heavy atom. The van der Waals surface area contributed by atoms with Gasteiger partial charge in [-0.15, -0.1) is 0 Å². The zero-order valence-electron chi connectivity index (χ0n) is 12.7. The summed E-state index contributed by atoms with van der Waals surface area (Å²) in [7, 11) is 0. The second-order valence-electron chi connectivity index (χ2n) is 5.65. The summed E-state index contributed by atoms with van der Waals surface area (Å²) in [6.07, 6.45) is 0. The Balaban J connectivity index is 1.87. The number of anilines is 1. The topological polar surface area (TPSA) is 24.4 Å². The first kappa shape index (κ1) is 15.3. The number of hydrogen-bond donors (Lipinski definition) is 1. The molecule has 0 saturated heterocycles. The van der Waals surface area contributed by atoms with Crippen molar-refractivity contribution < 1.29 is 0 Å². The van der Waals surface area contributed by atoms with Gasteiger partial charge in [0.15, 0.2) is 0 Å². The highest BCUT2D eigenvalue weighted by molar-refractivity contribution is 6.31. The summed E-state index contributed by atoms with van der Waals surface area (Å²) >= 11 is 12.2. The lowest BCUT2D eigenvalue weighted by molar-refractivity contribution is 1.01. The Morgan fingerprint density at radius 1 is 0.792 bits per heavy atom. The van der Waals surface area contributed by atoms with E-state index in [2.05, 4.69) is 17.4 Å². The van der Waals surface area contributed by atoms with Crippen LogP contribution >= 0.6 is 23.2 Å². The zero-order chi connectivity index (χ0) is 16.5. The summed E-state index contributed by atoms with van der Waals surface area (Å²) in [5.74, 6) is 0. The highest BCUT2D eigenvalue weighted by atomic mass is 35.5. The fourth-order valence-corrected chi connectivity index (χ4v) is 3.18. The fourth-order valence-electron chi connectivity index (χ4n) is 2.88. The van der Waals surface area contributed by atoms with E-state index in [-0.39, 0.29) is 6.04 Å². The van der Waals surface area contributed by atoms with Crippen LogP contribution in [0.2, 0.25) is 10.0 Å². The molecule has 3 aromatic carbocycles. The second kappa shape index (κ2) is 6.31. The molecule has 4 rings (SSSR count). The minimum atomic E-state index is -0.0432. The van der Waals surface area contributed by atoms with Crippen molar-refractivity contribution in [2.45, 2.75) is 6.04 Å². The van der Waals surface area contributed by atoms with Crippen LogP contribution in [-0.4, -0.2) is 5.71 Å². The Hall–Kier alpha value is -2.29. The summed E-state index contributed by atoms with van der Waals surface area (Å²) in [6, 6.07) is 23.7. The van der Waals surface area contributed by atoms with Crippen LogP contribution in [0.3, 0.4) is 0 Å². The van der Waals surface area contributed by atoms with Gasteiger partial charge in [-0.25, -0.2) is 4.99 Å². The van der Waals surface area contributed by atoms with Crippen LogP contribution < -0.4 is 5.32 Å². The molecule has 1 heterocycles. The molecule has 118 valence electrons. The molecule has 0 bridgehead atoms. The third kappa shape index (κ3) is 2.91. The van der Waals surface area contributed by atoms with Gasteiger partial charge >= 0.3 is 0 Å². The Morgan fingerprint density at radius 2 is 1.50 bits per heavy atom. The molecule has 0 fully saturated rings. The molecule has 0 saturated carbocycles. The number of benzene rings is 3. The van der Waals surface area contributed by atoms with Crippen molar-refractivity contribution >= 4 is 40.3 Å². The maximum absolute atomic E-state index is 6.14. The van der Waals surface area contributed by atoms with Crippen LogP contribution in [0.15, 0.2) is 77.8 Å². The predicted molar refractivity (Wildman–Crippen MR) is 102 cm³/mol. The van der Waals surface area contributed by atoms with E-state index < -0.39 is 0 Å². The summed E-state index contributed by atoms with van der Waals surface area (Å²) in [6.45, 7) is 0. The molecule has 0 aromatic heterocycles. The smallest absolute Gasteiger partial charge is 0.0947 e. The highest BCUT2D eigenvalue weighted by Crippen LogP contribution is 2.38. The lowest BCUT2D eigenvalue weighted by atomic mass is 9.94. The van der Waals surface area contributed by atoms with E-state index in [9.17, 15) is 0 Å². The van der Waals surface area contributed by atoms with E-state index >= 15 is 0 Å². The molecule has 4 heteroatoms. The third-order valence-electron chi connectivity index (χ3n) is 4.05. The largest absolute Gasteiger partial charge is 0.371 e. The van der Waals surface area contributed by atoms with Gasteiger partial charge in [-0.05, 0) is 41.5 Å². The summed E-state index contributed by atoms with van der Waals surface area (Å²) in [4.78, 5) is 4.90. The van der Waals surface area contributed by atoms with Crippen molar-refractivity contribution in [3.05, 3.63) is 94.0 Å². The fraction of sp³-hybridized carbons (Fsp3) is 0.0500. The van der Waals surface area contributed by atoms with Gasteiger partial charge in [-0.3, -0.25) is 0 Å². The first-order valence-electron chi connectivity index (χ1n) is 7.66. The van der Waals surface area contributed by atoms with Gasteiger partial charge in [0.25, 0.3) is 0 Å². The van der Waals surface area contributed by atoms with Gasteiger partial charge in [0.1, 0.15) is 0 Å². The molecule has 2 nitrogen and oxygen atoms in total. The number of fused-ring (bicyclic) bond motifs is 1. The second-order valence-corrected chi connectivity index (χ2v) is 6.53. The number of aliphatic imine (C=N–C) groups is 1. The number of nitrogens with one attached hydrogen (secondary N) is 1. The SMILES string of the molecule is Clc1ccc(C2=Nc3ccc(Cl)cc3NC2c2ccccc2)cc1. The lowest BCUT2D eigenvalue weighted by Gasteiger charge is -2.28. The van der Waals surface area contributed by atoms with Crippen molar-refractivity contribution in [1.82, 2.24) is 0 Å². The number of nitrogens with zero attached hydrogens (tertiary/aromatic N) is 1. The van der Waals surface area contributed by atoms with E-state index in [4.69, 9.17) is 28.2 Å². The first-order chi connectivity index (χ1) is 11.7. The van der Waals surface area contributed by atoms with Crippen molar-refractivity contribution in [3.63, 3.8) is 0 Å². The first-order valence-corrected chi connectivity index (χ1v) is 8.42. The molecule has 1 atom stereocenters. The normalized spacial score (nSPS) is 16.1. The molecule has 0 spiro atoms. The molecule has 24 heavy (non-hydrogen) atoms. The van der Waals surface area contributed by atoms with Gasteiger partial charge in [0, 0.05) is 10.0 Å². The average molecular weight is 353 g/mol. The predicted octanol–water partition coefficient (Wildman–Crippen LogP) is 6.28. The number of rotatable bonds is 2. The lowest BCUT2D eigenvalue weighted by Crippen LogP contribution is -2.24. The van der Waals surface area contributed by atoms with Crippen molar-refractivity contribution in [1.29, 1.82) is 0 Å². The Bertz CT molecular complexity index is 903. The molecule has 1 aliphatic rings. The van der Waals surface area contributed by atoms with Crippen molar-refractivity contribution in [3.8, 4) is 0 Å². The summed E-state index contributed by atoms with van der Waals surface area (Å²) in [5.41, 5.74) is 4.98. The van der Waals surface area contributed by atoms with Crippen LogP contribution in [0.5, 0.6) is 0 Å². The molecule has 0 aliphatic carbocycles. The average Bonchev–Trinajstić information content (AvgIpc) is 2.62. The summed E-state index contributed by atoms with van der Waals surface area (Å²) < 4.78 is 0. The maximum atomic E-state index is 6.14. The standard InChI is InChI=1S/C20H14Cl2N2/c21-15-8-6-14(7-9-15)20-19(13-4-2-1-3-5-13)24-18-12-16(22)10-11-17(18)23-20/h1-12,19,24H. The van der Waals surface area contributed by atoms with Gasteiger partial charge in [0.05, 0.1) is 23.1 Å². The minimum Gasteiger partial charge on any atom is -0.371 e. The summed E-state index contributed by atoms with van der Waals surface area (Å²) in [5, 5.41) is 4.98. The molecular formula is C20H14Cl2N2. The molecule has 1 N–H and O–H groups in total. The molecule has 0 radical (unpaired) electrons.